The van der Waals surface area contributed by atoms with Crippen molar-refractivity contribution in [2.45, 2.75) is 6.18 Å². The standard InChI is InChI=1S/C15H10F3NO3/c16-15(17,18)9-5-7-10(8-6-9)19-13(20)11-3-1-2-4-12(11)14(21)22/h1-8H,(H,19,20)(H,21,22). The van der Waals surface area contributed by atoms with E-state index in [4.69, 9.17) is 5.11 Å². The largest absolute Gasteiger partial charge is 0.478 e. The lowest BCUT2D eigenvalue weighted by molar-refractivity contribution is -0.137. The van der Waals surface area contributed by atoms with Crippen LogP contribution in [0.15, 0.2) is 48.5 Å². The van der Waals surface area contributed by atoms with Gasteiger partial charge in [-0.25, -0.2) is 4.79 Å². The fourth-order valence-electron chi connectivity index (χ4n) is 1.81. The van der Waals surface area contributed by atoms with Crippen molar-refractivity contribution in [1.82, 2.24) is 0 Å². The Labute approximate surface area is 123 Å². The lowest BCUT2D eigenvalue weighted by Gasteiger charge is -2.10. The molecule has 7 heteroatoms. The quantitative estimate of drug-likeness (QED) is 0.909. The number of nitrogens with one attached hydrogen (secondary N) is 1. The molecule has 0 fully saturated rings. The van der Waals surface area contributed by atoms with E-state index in [1.165, 1.54) is 24.3 Å². The molecule has 0 unspecified atom stereocenters. The normalized spacial score (nSPS) is 11.0. The Hall–Kier alpha value is -2.83. The minimum Gasteiger partial charge on any atom is -0.478 e. The van der Waals surface area contributed by atoms with Gasteiger partial charge in [-0.1, -0.05) is 12.1 Å². The number of carbonyl (C=O) groups is 2. The van der Waals surface area contributed by atoms with E-state index in [1.54, 1.807) is 0 Å². The number of hydrogen-bond donors (Lipinski definition) is 2. The van der Waals surface area contributed by atoms with E-state index in [2.05, 4.69) is 5.32 Å². The molecule has 22 heavy (non-hydrogen) atoms. The first-order valence-corrected chi connectivity index (χ1v) is 6.10. The number of alkyl halides is 3. The van der Waals surface area contributed by atoms with Crippen molar-refractivity contribution in [3.05, 3.63) is 65.2 Å². The number of amides is 1. The zero-order valence-corrected chi connectivity index (χ0v) is 11.0. The second kappa shape index (κ2) is 5.88. The highest BCUT2D eigenvalue weighted by Gasteiger charge is 2.30. The van der Waals surface area contributed by atoms with Gasteiger partial charge in [-0.3, -0.25) is 4.79 Å². The maximum Gasteiger partial charge on any atom is 0.416 e. The molecule has 0 spiro atoms. The molecule has 0 aliphatic carbocycles. The summed E-state index contributed by atoms with van der Waals surface area (Å²) >= 11 is 0. The Kier molecular flexibility index (Phi) is 4.16. The molecule has 2 aromatic rings. The van der Waals surface area contributed by atoms with Crippen LogP contribution in [-0.2, 0) is 6.18 Å². The number of carbonyl (C=O) groups excluding carboxylic acids is 1. The maximum atomic E-state index is 12.4. The second-order valence-electron chi connectivity index (χ2n) is 4.38. The topological polar surface area (TPSA) is 66.4 Å². The van der Waals surface area contributed by atoms with Crippen molar-refractivity contribution in [1.29, 1.82) is 0 Å². The zero-order chi connectivity index (χ0) is 16.3. The molecule has 0 aliphatic heterocycles. The molecule has 2 aromatic carbocycles. The lowest BCUT2D eigenvalue weighted by atomic mass is 10.1. The molecule has 2 rings (SSSR count). The number of anilines is 1. The molecule has 4 nitrogen and oxygen atoms in total. The van der Waals surface area contributed by atoms with Crippen LogP contribution in [0.3, 0.4) is 0 Å². The van der Waals surface area contributed by atoms with Crippen molar-refractivity contribution in [3.63, 3.8) is 0 Å². The molecule has 1 amide bonds. The first-order valence-electron chi connectivity index (χ1n) is 6.10. The van der Waals surface area contributed by atoms with E-state index < -0.39 is 23.6 Å². The van der Waals surface area contributed by atoms with Crippen LogP contribution in [0.5, 0.6) is 0 Å². The zero-order valence-electron chi connectivity index (χ0n) is 11.0. The third-order valence-electron chi connectivity index (χ3n) is 2.87. The first kappa shape index (κ1) is 15.6. The molecule has 0 saturated heterocycles. The average molecular weight is 309 g/mol. The van der Waals surface area contributed by atoms with Gasteiger partial charge in [-0.2, -0.15) is 13.2 Å². The van der Waals surface area contributed by atoms with Crippen molar-refractivity contribution in [2.75, 3.05) is 5.32 Å². The Morgan fingerprint density at radius 3 is 1.95 bits per heavy atom. The summed E-state index contributed by atoms with van der Waals surface area (Å²) in [6.45, 7) is 0. The van der Waals surface area contributed by atoms with E-state index in [-0.39, 0.29) is 16.8 Å². The van der Waals surface area contributed by atoms with Gasteiger partial charge in [-0.05, 0) is 36.4 Å². The van der Waals surface area contributed by atoms with Crippen molar-refractivity contribution >= 4 is 17.6 Å². The minimum absolute atomic E-state index is 0.0742. The van der Waals surface area contributed by atoms with Crippen molar-refractivity contribution in [2.24, 2.45) is 0 Å². The third-order valence-corrected chi connectivity index (χ3v) is 2.87. The second-order valence-corrected chi connectivity index (χ2v) is 4.38. The van der Waals surface area contributed by atoms with Crippen LogP contribution in [0.2, 0.25) is 0 Å². The van der Waals surface area contributed by atoms with Crippen LogP contribution in [0.4, 0.5) is 18.9 Å². The summed E-state index contributed by atoms with van der Waals surface area (Å²) in [7, 11) is 0. The highest BCUT2D eigenvalue weighted by atomic mass is 19.4. The molecular formula is C15H10F3NO3. The number of carboxylic acids is 1. The molecule has 0 aromatic heterocycles. The monoisotopic (exact) mass is 309 g/mol. The number of halogens is 3. The van der Waals surface area contributed by atoms with Gasteiger partial charge in [0.05, 0.1) is 16.7 Å². The van der Waals surface area contributed by atoms with E-state index in [9.17, 15) is 22.8 Å². The molecule has 114 valence electrons. The molecule has 0 saturated carbocycles. The fraction of sp³-hybridized carbons (Fsp3) is 0.0667. The van der Waals surface area contributed by atoms with Crippen molar-refractivity contribution < 1.29 is 27.9 Å². The number of aromatic carboxylic acids is 1. The molecule has 0 bridgehead atoms. The number of hydrogen-bond acceptors (Lipinski definition) is 2. The third kappa shape index (κ3) is 3.43. The first-order chi connectivity index (χ1) is 10.3. The average Bonchev–Trinajstić information content (AvgIpc) is 2.46. The highest BCUT2D eigenvalue weighted by molar-refractivity contribution is 6.10. The maximum absolute atomic E-state index is 12.4. The van der Waals surface area contributed by atoms with Crippen LogP contribution in [0.1, 0.15) is 26.3 Å². The summed E-state index contributed by atoms with van der Waals surface area (Å²) in [4.78, 5) is 23.1. The predicted molar refractivity (Wildman–Crippen MR) is 72.8 cm³/mol. The van der Waals surface area contributed by atoms with Gasteiger partial charge >= 0.3 is 12.1 Å². The van der Waals surface area contributed by atoms with Gasteiger partial charge in [0.25, 0.3) is 5.91 Å². The smallest absolute Gasteiger partial charge is 0.416 e. The number of carboxylic acid groups (broad SMARTS) is 1. The van der Waals surface area contributed by atoms with Crippen LogP contribution in [0, 0.1) is 0 Å². The minimum atomic E-state index is -4.46. The summed E-state index contributed by atoms with van der Waals surface area (Å²) < 4.78 is 37.3. The Balaban J connectivity index is 2.21. The number of rotatable bonds is 3. The van der Waals surface area contributed by atoms with Crippen LogP contribution >= 0.6 is 0 Å². The van der Waals surface area contributed by atoms with Gasteiger partial charge in [0.15, 0.2) is 0 Å². The summed E-state index contributed by atoms with van der Waals surface area (Å²) in [5, 5.41) is 11.4. The van der Waals surface area contributed by atoms with Gasteiger partial charge in [0.2, 0.25) is 0 Å². The molecule has 0 atom stereocenters. The predicted octanol–water partition coefficient (Wildman–Crippen LogP) is 3.66. The SMILES string of the molecule is O=C(O)c1ccccc1C(=O)Nc1ccc(C(F)(F)F)cc1. The lowest BCUT2D eigenvalue weighted by Crippen LogP contribution is -2.16. The highest BCUT2D eigenvalue weighted by Crippen LogP contribution is 2.29. The molecular weight excluding hydrogens is 299 g/mol. The van der Waals surface area contributed by atoms with Crippen LogP contribution in [0.25, 0.3) is 0 Å². The fourth-order valence-corrected chi connectivity index (χ4v) is 1.81. The van der Waals surface area contributed by atoms with E-state index in [0.717, 1.165) is 24.3 Å². The Morgan fingerprint density at radius 1 is 0.909 bits per heavy atom. The van der Waals surface area contributed by atoms with Gasteiger partial charge < -0.3 is 10.4 Å². The van der Waals surface area contributed by atoms with Gasteiger partial charge in [0, 0.05) is 5.69 Å². The van der Waals surface area contributed by atoms with Gasteiger partial charge in [-0.15, -0.1) is 0 Å². The number of benzene rings is 2. The summed E-state index contributed by atoms with van der Waals surface area (Å²) in [5.41, 5.74) is -0.962. The summed E-state index contributed by atoms with van der Waals surface area (Å²) in [5.74, 6) is -1.98. The van der Waals surface area contributed by atoms with Gasteiger partial charge in [0.1, 0.15) is 0 Å². The molecule has 0 radical (unpaired) electrons. The molecule has 0 aliphatic rings. The van der Waals surface area contributed by atoms with Crippen molar-refractivity contribution in [3.8, 4) is 0 Å². The van der Waals surface area contributed by atoms with E-state index in [0.29, 0.717) is 0 Å². The Bertz CT molecular complexity index is 709. The van der Waals surface area contributed by atoms with E-state index >= 15 is 0 Å². The summed E-state index contributed by atoms with van der Waals surface area (Å²) in [6.07, 6.45) is -4.46. The Morgan fingerprint density at radius 2 is 1.45 bits per heavy atom. The molecule has 2 N–H and O–H groups in total. The van der Waals surface area contributed by atoms with Crippen LogP contribution < -0.4 is 5.32 Å². The van der Waals surface area contributed by atoms with Crippen LogP contribution in [-0.4, -0.2) is 17.0 Å². The van der Waals surface area contributed by atoms with E-state index in [1.807, 2.05) is 0 Å². The molecule has 0 heterocycles. The summed E-state index contributed by atoms with van der Waals surface area (Å²) in [6, 6.07) is 9.42.